The lowest BCUT2D eigenvalue weighted by atomic mass is 10.0. The number of halogens is 1. The summed E-state index contributed by atoms with van der Waals surface area (Å²) < 4.78 is 8.18. The number of nitrogens with zero attached hydrogens (tertiary/aromatic N) is 5. The predicted molar refractivity (Wildman–Crippen MR) is 123 cm³/mol. The van der Waals surface area contributed by atoms with Gasteiger partial charge in [0.15, 0.2) is 12.4 Å². The van der Waals surface area contributed by atoms with Crippen molar-refractivity contribution >= 4 is 23.4 Å². The minimum atomic E-state index is -0.779. The Bertz CT molecular complexity index is 1430. The summed E-state index contributed by atoms with van der Waals surface area (Å²) in [5.74, 6) is -0.902. The number of aryl methyl sites for hydroxylation is 1. The van der Waals surface area contributed by atoms with E-state index in [0.29, 0.717) is 45.9 Å². The first-order valence-electron chi connectivity index (χ1n) is 10.5. The number of carbonyl (C=O) groups excluding carboxylic acids is 2. The van der Waals surface area contributed by atoms with Gasteiger partial charge in [-0.2, -0.15) is 4.68 Å². The molecule has 0 amide bonds. The molecular weight excluding hydrogens is 458 g/mol. The fourth-order valence-corrected chi connectivity index (χ4v) is 4.30. The molecule has 170 valence electrons. The summed E-state index contributed by atoms with van der Waals surface area (Å²) in [6.07, 6.45) is 2.37. The molecule has 10 heteroatoms. The van der Waals surface area contributed by atoms with Crippen LogP contribution in [-0.2, 0) is 16.0 Å². The number of Topliss-reactive ketones (excluding diaryl/α,β-unsaturated/α-hetero) is 1. The van der Waals surface area contributed by atoms with Crippen molar-refractivity contribution in [2.24, 2.45) is 0 Å². The van der Waals surface area contributed by atoms with Crippen molar-refractivity contribution in [3.63, 3.8) is 0 Å². The van der Waals surface area contributed by atoms with Gasteiger partial charge >= 0.3 is 5.97 Å². The highest BCUT2D eigenvalue weighted by atomic mass is 35.5. The Morgan fingerprint density at radius 3 is 2.68 bits per heavy atom. The Balaban J connectivity index is 1.41. The second-order valence-corrected chi connectivity index (χ2v) is 8.25. The highest BCUT2D eigenvalue weighted by Crippen LogP contribution is 2.32. The van der Waals surface area contributed by atoms with Crippen LogP contribution in [0.3, 0.4) is 0 Å². The number of carbonyl (C=O) groups is 2. The van der Waals surface area contributed by atoms with Crippen molar-refractivity contribution in [1.29, 1.82) is 0 Å². The summed E-state index contributed by atoms with van der Waals surface area (Å²) in [7, 11) is 0. The summed E-state index contributed by atoms with van der Waals surface area (Å²) in [6.45, 7) is -0.376. The quantitative estimate of drug-likeness (QED) is 0.311. The van der Waals surface area contributed by atoms with Gasteiger partial charge in [0.05, 0.1) is 5.69 Å². The molecule has 0 radical (unpaired) electrons. The van der Waals surface area contributed by atoms with Crippen LogP contribution in [0.2, 0.25) is 5.02 Å². The number of ketones is 1. The van der Waals surface area contributed by atoms with Gasteiger partial charge in [0.1, 0.15) is 12.4 Å². The van der Waals surface area contributed by atoms with E-state index >= 15 is 0 Å². The number of esters is 1. The molecule has 1 aliphatic rings. The molecule has 34 heavy (non-hydrogen) atoms. The summed E-state index contributed by atoms with van der Waals surface area (Å²) in [6, 6.07) is 16.3. The molecule has 1 aliphatic heterocycles. The van der Waals surface area contributed by atoms with Crippen LogP contribution in [0, 0.1) is 0 Å². The van der Waals surface area contributed by atoms with Crippen LogP contribution in [-0.4, -0.2) is 43.1 Å². The molecule has 4 aromatic rings. The Kier molecular flexibility index (Phi) is 5.77. The summed E-state index contributed by atoms with van der Waals surface area (Å²) in [5, 5.41) is 11.8. The van der Waals surface area contributed by atoms with Gasteiger partial charge in [-0.25, -0.2) is 4.79 Å². The smallest absolute Gasteiger partial charge is 0.329 e. The number of ether oxygens (including phenoxy) is 1. The maximum atomic E-state index is 13.1. The molecule has 0 bridgehead atoms. The number of hydrogen-bond acceptors (Lipinski definition) is 7. The van der Waals surface area contributed by atoms with E-state index in [4.69, 9.17) is 16.3 Å². The zero-order chi connectivity index (χ0) is 23.7. The monoisotopic (exact) mass is 475 g/mol. The fourth-order valence-electron chi connectivity index (χ4n) is 4.12. The number of aromatic nitrogens is 5. The third-order valence-corrected chi connectivity index (χ3v) is 5.95. The highest BCUT2D eigenvalue weighted by Gasteiger charge is 2.31. The zero-order valence-electron chi connectivity index (χ0n) is 17.8. The lowest BCUT2D eigenvalue weighted by molar-refractivity contribution is -0.146. The predicted octanol–water partition coefficient (Wildman–Crippen LogP) is 3.06. The van der Waals surface area contributed by atoms with Crippen LogP contribution in [0.5, 0.6) is 0 Å². The normalized spacial score (nSPS) is 14.6. The molecule has 2 aromatic carbocycles. The van der Waals surface area contributed by atoms with Crippen molar-refractivity contribution in [3.8, 4) is 16.8 Å². The van der Waals surface area contributed by atoms with Gasteiger partial charge in [-0.1, -0.05) is 41.9 Å². The van der Waals surface area contributed by atoms with Gasteiger partial charge in [0, 0.05) is 27.9 Å². The van der Waals surface area contributed by atoms with E-state index in [1.807, 2.05) is 6.07 Å². The Hall–Kier alpha value is -4.11. The molecule has 3 heterocycles. The largest absolute Gasteiger partial charge is 0.456 e. The van der Waals surface area contributed by atoms with E-state index in [9.17, 15) is 14.4 Å². The van der Waals surface area contributed by atoms with Gasteiger partial charge in [-0.15, -0.1) is 5.10 Å². The number of fused-ring (bicyclic) bond motifs is 1. The molecule has 5 rings (SSSR count). The molecular formula is C24H18ClN5O4. The lowest BCUT2D eigenvalue weighted by Gasteiger charge is -2.15. The van der Waals surface area contributed by atoms with E-state index in [1.165, 1.54) is 21.6 Å². The molecule has 0 saturated heterocycles. The summed E-state index contributed by atoms with van der Waals surface area (Å²) >= 11 is 6.22. The number of tetrazole rings is 1. The van der Waals surface area contributed by atoms with Crippen molar-refractivity contribution in [2.45, 2.75) is 18.9 Å². The van der Waals surface area contributed by atoms with E-state index in [2.05, 4.69) is 15.5 Å². The Morgan fingerprint density at radius 2 is 1.91 bits per heavy atom. The Morgan fingerprint density at radius 1 is 1.09 bits per heavy atom. The lowest BCUT2D eigenvalue weighted by Crippen LogP contribution is -2.29. The minimum absolute atomic E-state index is 0.300. The molecule has 0 unspecified atom stereocenters. The molecule has 0 N–H and O–H groups in total. The van der Waals surface area contributed by atoms with Crippen LogP contribution < -0.4 is 5.56 Å². The van der Waals surface area contributed by atoms with Crippen molar-refractivity contribution < 1.29 is 14.3 Å². The second-order valence-electron chi connectivity index (χ2n) is 7.81. The first-order valence-corrected chi connectivity index (χ1v) is 10.9. The van der Waals surface area contributed by atoms with E-state index in [1.54, 1.807) is 48.5 Å². The van der Waals surface area contributed by atoms with Gasteiger partial charge in [0.2, 0.25) is 0 Å². The van der Waals surface area contributed by atoms with E-state index in [0.717, 1.165) is 0 Å². The Labute approximate surface area is 198 Å². The number of pyridine rings is 1. The van der Waals surface area contributed by atoms with Crippen molar-refractivity contribution in [1.82, 2.24) is 24.8 Å². The standard InChI is InChI=1S/C24H18ClN5O4/c25-17-6-8-20(29-14-26-27-28-29)19(12-17)16-10-18-7-9-21(30(18)23(32)11-16)24(33)34-13-22(31)15-4-2-1-3-5-15/h1-6,8,10-12,14,21H,7,9,13H2/t21-/m0/s1. The van der Waals surface area contributed by atoms with Crippen LogP contribution in [0.15, 0.2) is 71.8 Å². The second kappa shape index (κ2) is 9.03. The van der Waals surface area contributed by atoms with Crippen molar-refractivity contribution in [3.05, 3.63) is 93.6 Å². The van der Waals surface area contributed by atoms with Gasteiger partial charge < -0.3 is 4.74 Å². The average Bonchev–Trinajstić information content (AvgIpc) is 3.53. The van der Waals surface area contributed by atoms with E-state index in [-0.39, 0.29) is 17.9 Å². The molecule has 9 nitrogen and oxygen atoms in total. The number of benzene rings is 2. The maximum absolute atomic E-state index is 13.1. The van der Waals surface area contributed by atoms with Gasteiger partial charge in [0.25, 0.3) is 5.56 Å². The summed E-state index contributed by atoms with van der Waals surface area (Å²) in [5.41, 5.74) is 2.79. The molecule has 0 aliphatic carbocycles. The van der Waals surface area contributed by atoms with Crippen LogP contribution in [0.4, 0.5) is 0 Å². The number of hydrogen-bond donors (Lipinski definition) is 0. The first-order chi connectivity index (χ1) is 16.5. The molecule has 0 saturated carbocycles. The molecule has 1 atom stereocenters. The maximum Gasteiger partial charge on any atom is 0.329 e. The summed E-state index contributed by atoms with van der Waals surface area (Å²) in [4.78, 5) is 38.1. The zero-order valence-corrected chi connectivity index (χ0v) is 18.6. The van der Waals surface area contributed by atoms with Crippen LogP contribution >= 0.6 is 11.6 Å². The minimum Gasteiger partial charge on any atom is -0.456 e. The molecule has 2 aromatic heterocycles. The average molecular weight is 476 g/mol. The van der Waals surface area contributed by atoms with Gasteiger partial charge in [-0.3, -0.25) is 14.2 Å². The topological polar surface area (TPSA) is 109 Å². The molecule has 0 spiro atoms. The fraction of sp³-hybridized carbons (Fsp3) is 0.167. The van der Waals surface area contributed by atoms with E-state index < -0.39 is 12.0 Å². The van der Waals surface area contributed by atoms with Crippen LogP contribution in [0.1, 0.15) is 28.5 Å². The first kappa shape index (κ1) is 21.7. The SMILES string of the molecule is O=C(COC(=O)[C@@H]1CCc2cc(-c3cc(Cl)ccc3-n3cnnn3)cc(=O)n21)c1ccccc1. The van der Waals surface area contributed by atoms with Crippen LogP contribution in [0.25, 0.3) is 16.8 Å². The number of rotatable bonds is 6. The molecule has 0 fully saturated rings. The van der Waals surface area contributed by atoms with Gasteiger partial charge in [-0.05, 0) is 53.1 Å². The third-order valence-electron chi connectivity index (χ3n) is 5.71. The highest BCUT2D eigenvalue weighted by molar-refractivity contribution is 6.31. The third kappa shape index (κ3) is 4.13. The van der Waals surface area contributed by atoms with Crippen molar-refractivity contribution in [2.75, 3.05) is 6.61 Å².